The molecule has 2 heterocycles. The lowest BCUT2D eigenvalue weighted by Gasteiger charge is -2.15. The first-order valence-electron chi connectivity index (χ1n) is 6.68. The topological polar surface area (TPSA) is 52.0 Å². The highest BCUT2D eigenvalue weighted by molar-refractivity contribution is 5.30. The third kappa shape index (κ3) is 2.53. The molecule has 1 aromatic rings. The van der Waals surface area contributed by atoms with Gasteiger partial charge in [0.2, 0.25) is 0 Å². The van der Waals surface area contributed by atoms with E-state index in [1.165, 1.54) is 25.8 Å². The van der Waals surface area contributed by atoms with Crippen LogP contribution in [0.15, 0.2) is 18.3 Å². The minimum atomic E-state index is 0.544. The fraction of sp³-hybridized carbons (Fsp3) is 0.571. The summed E-state index contributed by atoms with van der Waals surface area (Å²) in [5.74, 6) is 0. The highest BCUT2D eigenvalue weighted by Crippen LogP contribution is 2.29. The van der Waals surface area contributed by atoms with Crippen molar-refractivity contribution in [1.29, 1.82) is 5.26 Å². The Bertz CT molecular complexity index is 461. The zero-order valence-electron chi connectivity index (χ0n) is 10.5. The van der Waals surface area contributed by atoms with E-state index in [4.69, 9.17) is 5.26 Å². The summed E-state index contributed by atoms with van der Waals surface area (Å²) < 4.78 is 0. The molecule has 4 heteroatoms. The number of nitrogens with zero attached hydrogens (tertiary/aromatic N) is 3. The molecule has 94 valence electrons. The second-order valence-corrected chi connectivity index (χ2v) is 5.22. The molecule has 1 saturated heterocycles. The highest BCUT2D eigenvalue weighted by Gasteiger charge is 2.34. The van der Waals surface area contributed by atoms with Gasteiger partial charge in [0.25, 0.3) is 0 Å². The maximum Gasteiger partial charge on any atom is 0.144 e. The van der Waals surface area contributed by atoms with E-state index in [9.17, 15) is 0 Å². The van der Waals surface area contributed by atoms with Gasteiger partial charge in [-0.05, 0) is 25.3 Å². The highest BCUT2D eigenvalue weighted by atomic mass is 15.2. The molecule has 1 atom stereocenters. The molecule has 1 unspecified atom stereocenters. The predicted octanol–water partition coefficient (Wildman–Crippen LogP) is 1.28. The van der Waals surface area contributed by atoms with Gasteiger partial charge in [-0.25, -0.2) is 4.98 Å². The normalized spacial score (nSPS) is 24.1. The van der Waals surface area contributed by atoms with Crippen molar-refractivity contribution in [3.63, 3.8) is 0 Å². The Morgan fingerprint density at radius 3 is 3.11 bits per heavy atom. The number of nitrogens with one attached hydrogen (secondary N) is 1. The zero-order valence-corrected chi connectivity index (χ0v) is 10.5. The Morgan fingerprint density at radius 1 is 1.44 bits per heavy atom. The average molecular weight is 242 g/mol. The van der Waals surface area contributed by atoms with E-state index in [2.05, 4.69) is 21.3 Å². The van der Waals surface area contributed by atoms with Gasteiger partial charge in [0.1, 0.15) is 11.8 Å². The number of nitriles is 1. The average Bonchev–Trinajstić information content (AvgIpc) is 3.16. The Hall–Kier alpha value is -1.44. The van der Waals surface area contributed by atoms with E-state index >= 15 is 0 Å². The number of aromatic nitrogens is 1. The summed E-state index contributed by atoms with van der Waals surface area (Å²) in [6, 6.07) is 7.45. The SMILES string of the molecule is N#Cc1ncccc1CNC1CCN(C2CC2)C1. The smallest absolute Gasteiger partial charge is 0.144 e. The van der Waals surface area contributed by atoms with Gasteiger partial charge in [-0.2, -0.15) is 5.26 Å². The molecule has 1 aromatic heterocycles. The van der Waals surface area contributed by atoms with E-state index in [1.807, 2.05) is 12.1 Å². The summed E-state index contributed by atoms with van der Waals surface area (Å²) in [5, 5.41) is 12.5. The number of hydrogen-bond acceptors (Lipinski definition) is 4. The third-order valence-corrected chi connectivity index (χ3v) is 3.86. The minimum Gasteiger partial charge on any atom is -0.308 e. The van der Waals surface area contributed by atoms with Crippen LogP contribution in [0.2, 0.25) is 0 Å². The van der Waals surface area contributed by atoms with Gasteiger partial charge in [0.05, 0.1) is 0 Å². The Labute approximate surface area is 108 Å². The summed E-state index contributed by atoms with van der Waals surface area (Å²) in [6.45, 7) is 3.13. The molecule has 4 nitrogen and oxygen atoms in total. The summed E-state index contributed by atoms with van der Waals surface area (Å²) in [7, 11) is 0. The third-order valence-electron chi connectivity index (χ3n) is 3.86. The van der Waals surface area contributed by atoms with Crippen LogP contribution < -0.4 is 5.32 Å². The molecule has 0 aromatic carbocycles. The molecule has 1 aliphatic carbocycles. The molecule has 0 bridgehead atoms. The molecule has 0 radical (unpaired) electrons. The molecule has 2 fully saturated rings. The molecular weight excluding hydrogens is 224 g/mol. The number of hydrogen-bond donors (Lipinski definition) is 1. The Morgan fingerprint density at radius 2 is 2.33 bits per heavy atom. The molecule has 0 amide bonds. The fourth-order valence-corrected chi connectivity index (χ4v) is 2.66. The van der Waals surface area contributed by atoms with Crippen LogP contribution in [-0.2, 0) is 6.54 Å². The summed E-state index contributed by atoms with van der Waals surface area (Å²) in [4.78, 5) is 6.67. The summed E-state index contributed by atoms with van der Waals surface area (Å²) >= 11 is 0. The van der Waals surface area contributed by atoms with Crippen molar-refractivity contribution in [3.8, 4) is 6.07 Å². The van der Waals surface area contributed by atoms with Crippen molar-refractivity contribution in [3.05, 3.63) is 29.6 Å². The predicted molar refractivity (Wildman–Crippen MR) is 68.8 cm³/mol. The molecular formula is C14H18N4. The van der Waals surface area contributed by atoms with Crippen LogP contribution in [0.3, 0.4) is 0 Å². The first-order valence-corrected chi connectivity index (χ1v) is 6.68. The molecule has 18 heavy (non-hydrogen) atoms. The van der Waals surface area contributed by atoms with E-state index < -0.39 is 0 Å². The van der Waals surface area contributed by atoms with Gasteiger partial charge in [-0.15, -0.1) is 0 Å². The van der Waals surface area contributed by atoms with E-state index in [-0.39, 0.29) is 0 Å². The van der Waals surface area contributed by atoms with Gasteiger partial charge in [0, 0.05) is 43.5 Å². The first kappa shape index (κ1) is 11.6. The Kier molecular flexibility index (Phi) is 3.26. The number of likely N-dealkylation sites (tertiary alicyclic amines) is 1. The van der Waals surface area contributed by atoms with Gasteiger partial charge in [-0.3, -0.25) is 4.90 Å². The van der Waals surface area contributed by atoms with Gasteiger partial charge in [0.15, 0.2) is 0 Å². The van der Waals surface area contributed by atoms with Crippen LogP contribution in [0.25, 0.3) is 0 Å². The van der Waals surface area contributed by atoms with E-state index in [0.717, 1.165) is 24.7 Å². The van der Waals surface area contributed by atoms with Crippen molar-refractivity contribution in [2.75, 3.05) is 13.1 Å². The van der Waals surface area contributed by atoms with Crippen molar-refractivity contribution in [2.24, 2.45) is 0 Å². The van der Waals surface area contributed by atoms with E-state index in [1.54, 1.807) is 6.20 Å². The van der Waals surface area contributed by atoms with Crippen molar-refractivity contribution < 1.29 is 0 Å². The lowest BCUT2D eigenvalue weighted by molar-refractivity contribution is 0.317. The van der Waals surface area contributed by atoms with Gasteiger partial charge < -0.3 is 5.32 Å². The minimum absolute atomic E-state index is 0.544. The van der Waals surface area contributed by atoms with Gasteiger partial charge in [-0.1, -0.05) is 6.07 Å². The molecule has 1 saturated carbocycles. The lowest BCUT2D eigenvalue weighted by atomic mass is 10.2. The second kappa shape index (κ2) is 5.05. The maximum atomic E-state index is 8.98. The molecule has 3 rings (SSSR count). The molecule has 1 N–H and O–H groups in total. The summed E-state index contributed by atoms with van der Waals surface area (Å²) in [5.41, 5.74) is 1.55. The quantitative estimate of drug-likeness (QED) is 0.864. The number of rotatable bonds is 4. The van der Waals surface area contributed by atoms with Crippen molar-refractivity contribution in [2.45, 2.75) is 37.9 Å². The zero-order chi connectivity index (χ0) is 12.4. The monoisotopic (exact) mass is 242 g/mol. The standard InChI is InChI=1S/C14H18N4/c15-8-14-11(2-1-6-16-14)9-17-12-5-7-18(10-12)13-3-4-13/h1-2,6,12-13,17H,3-5,7,9-10H2. The summed E-state index contributed by atoms with van der Waals surface area (Å²) in [6.07, 6.45) is 5.66. The van der Waals surface area contributed by atoms with Crippen LogP contribution in [-0.4, -0.2) is 35.1 Å². The second-order valence-electron chi connectivity index (χ2n) is 5.22. The van der Waals surface area contributed by atoms with Crippen LogP contribution in [0.5, 0.6) is 0 Å². The van der Waals surface area contributed by atoms with Crippen LogP contribution >= 0.6 is 0 Å². The number of pyridine rings is 1. The van der Waals surface area contributed by atoms with Crippen LogP contribution in [0, 0.1) is 11.3 Å². The van der Waals surface area contributed by atoms with E-state index in [0.29, 0.717) is 11.7 Å². The Balaban J connectivity index is 1.53. The van der Waals surface area contributed by atoms with Crippen LogP contribution in [0.4, 0.5) is 0 Å². The lowest BCUT2D eigenvalue weighted by Crippen LogP contribution is -2.33. The molecule has 1 aliphatic heterocycles. The first-order chi connectivity index (χ1) is 8.86. The maximum absolute atomic E-state index is 8.98. The van der Waals surface area contributed by atoms with Crippen LogP contribution in [0.1, 0.15) is 30.5 Å². The molecule has 0 spiro atoms. The molecule has 2 aliphatic rings. The van der Waals surface area contributed by atoms with Gasteiger partial charge >= 0.3 is 0 Å². The fourth-order valence-electron chi connectivity index (χ4n) is 2.66. The van der Waals surface area contributed by atoms with Crippen molar-refractivity contribution in [1.82, 2.24) is 15.2 Å². The largest absolute Gasteiger partial charge is 0.308 e. The van der Waals surface area contributed by atoms with Crippen molar-refractivity contribution >= 4 is 0 Å².